The highest BCUT2D eigenvalue weighted by molar-refractivity contribution is 7.17. The highest BCUT2D eigenvalue weighted by Gasteiger charge is 2.13. The molecule has 2 N–H and O–H groups in total. The number of benzene rings is 1. The number of carbonyl (C=O) groups excluding carboxylic acids is 1. The van der Waals surface area contributed by atoms with Gasteiger partial charge in [0.15, 0.2) is 0 Å². The predicted molar refractivity (Wildman–Crippen MR) is 73.2 cm³/mol. The molecule has 5 nitrogen and oxygen atoms in total. The van der Waals surface area contributed by atoms with Crippen LogP contribution in [0.15, 0.2) is 18.2 Å². The van der Waals surface area contributed by atoms with Crippen LogP contribution in [0.25, 0.3) is 0 Å². The molecule has 1 amide bonds. The van der Waals surface area contributed by atoms with E-state index in [1.807, 2.05) is 6.92 Å². The smallest absolute Gasteiger partial charge is 0.286 e. The summed E-state index contributed by atoms with van der Waals surface area (Å²) in [5.74, 6) is -0.656. The summed E-state index contributed by atoms with van der Waals surface area (Å²) in [6.07, 6.45) is 0. The van der Waals surface area contributed by atoms with Crippen molar-refractivity contribution < 1.29 is 9.18 Å². The van der Waals surface area contributed by atoms with Crippen LogP contribution in [-0.2, 0) is 0 Å². The lowest BCUT2D eigenvalue weighted by Gasteiger charge is -2.04. The van der Waals surface area contributed by atoms with Gasteiger partial charge in [-0.1, -0.05) is 11.3 Å². The van der Waals surface area contributed by atoms with Crippen molar-refractivity contribution in [1.82, 2.24) is 10.2 Å². The van der Waals surface area contributed by atoms with Gasteiger partial charge >= 0.3 is 0 Å². The maximum Gasteiger partial charge on any atom is 0.286 e. The zero-order chi connectivity index (χ0) is 13.8. The molecule has 0 aliphatic rings. The number of anilines is 2. The van der Waals surface area contributed by atoms with E-state index in [4.69, 9.17) is 0 Å². The monoisotopic (exact) mass is 280 g/mol. The van der Waals surface area contributed by atoms with Crippen LogP contribution in [0.2, 0.25) is 0 Å². The van der Waals surface area contributed by atoms with Crippen molar-refractivity contribution in [3.05, 3.63) is 34.6 Å². The van der Waals surface area contributed by atoms with Gasteiger partial charge in [0, 0.05) is 12.2 Å². The highest BCUT2D eigenvalue weighted by atomic mass is 32.1. The molecule has 0 unspecified atom stereocenters. The molecule has 1 heterocycles. The number of aryl methyl sites for hydroxylation is 1. The third kappa shape index (κ3) is 3.25. The van der Waals surface area contributed by atoms with E-state index in [1.54, 1.807) is 13.0 Å². The Kier molecular flexibility index (Phi) is 4.06. The maximum absolute atomic E-state index is 13.1. The fourth-order valence-corrected chi connectivity index (χ4v) is 2.15. The number of nitrogens with one attached hydrogen (secondary N) is 2. The first-order valence-corrected chi connectivity index (χ1v) is 6.56. The normalized spacial score (nSPS) is 10.3. The Hall–Kier alpha value is -2.02. The van der Waals surface area contributed by atoms with Crippen LogP contribution in [0.4, 0.5) is 15.2 Å². The minimum Gasteiger partial charge on any atom is -0.360 e. The summed E-state index contributed by atoms with van der Waals surface area (Å²) >= 11 is 1.17. The van der Waals surface area contributed by atoms with Gasteiger partial charge in [-0.05, 0) is 37.6 Å². The second kappa shape index (κ2) is 5.75. The van der Waals surface area contributed by atoms with E-state index in [2.05, 4.69) is 20.8 Å². The molecular formula is C12H13FN4OS. The molecule has 0 atom stereocenters. The Morgan fingerprint density at radius 2 is 2.21 bits per heavy atom. The minimum absolute atomic E-state index is 0.262. The molecule has 2 rings (SSSR count). The molecule has 19 heavy (non-hydrogen) atoms. The minimum atomic E-state index is -0.354. The molecule has 0 saturated heterocycles. The lowest BCUT2D eigenvalue weighted by molar-refractivity contribution is 0.102. The third-order valence-electron chi connectivity index (χ3n) is 2.36. The van der Waals surface area contributed by atoms with Crippen molar-refractivity contribution in [2.75, 3.05) is 17.2 Å². The van der Waals surface area contributed by atoms with Gasteiger partial charge in [0.1, 0.15) is 5.82 Å². The lowest BCUT2D eigenvalue weighted by Crippen LogP contribution is -2.11. The van der Waals surface area contributed by atoms with E-state index < -0.39 is 0 Å². The summed E-state index contributed by atoms with van der Waals surface area (Å²) in [5, 5.41) is 14.1. The van der Waals surface area contributed by atoms with Crippen LogP contribution < -0.4 is 10.6 Å². The molecule has 0 radical (unpaired) electrons. The summed E-state index contributed by atoms with van der Waals surface area (Å²) in [5.41, 5.74) is 1.01. The van der Waals surface area contributed by atoms with E-state index in [0.29, 0.717) is 22.9 Å². The summed E-state index contributed by atoms with van der Waals surface area (Å²) in [6, 6.07) is 4.39. The molecular weight excluding hydrogens is 267 g/mol. The van der Waals surface area contributed by atoms with Crippen LogP contribution in [-0.4, -0.2) is 22.6 Å². The van der Waals surface area contributed by atoms with Crippen LogP contribution in [0, 0.1) is 12.7 Å². The van der Waals surface area contributed by atoms with E-state index in [-0.39, 0.29) is 16.7 Å². The van der Waals surface area contributed by atoms with Gasteiger partial charge in [0.25, 0.3) is 5.91 Å². The van der Waals surface area contributed by atoms with Gasteiger partial charge in [-0.3, -0.25) is 4.79 Å². The average Bonchev–Trinajstić information content (AvgIpc) is 2.83. The van der Waals surface area contributed by atoms with Gasteiger partial charge in [-0.15, -0.1) is 10.2 Å². The molecule has 1 aromatic carbocycles. The number of rotatable bonds is 4. The predicted octanol–water partition coefficient (Wildman–Crippen LogP) is 2.67. The number of amides is 1. The molecule has 0 saturated carbocycles. The van der Waals surface area contributed by atoms with Crippen molar-refractivity contribution in [1.29, 1.82) is 0 Å². The highest BCUT2D eigenvalue weighted by Crippen LogP contribution is 2.18. The maximum atomic E-state index is 13.1. The molecule has 0 bridgehead atoms. The van der Waals surface area contributed by atoms with E-state index in [9.17, 15) is 9.18 Å². The summed E-state index contributed by atoms with van der Waals surface area (Å²) < 4.78 is 13.1. The SMILES string of the molecule is CCNc1nnc(C(=O)Nc2ccc(F)c(C)c2)s1. The number of aromatic nitrogens is 2. The molecule has 2 aromatic rings. The van der Waals surface area contributed by atoms with Gasteiger partial charge in [0.2, 0.25) is 10.1 Å². The first-order valence-electron chi connectivity index (χ1n) is 5.75. The van der Waals surface area contributed by atoms with E-state index in [0.717, 1.165) is 0 Å². The van der Waals surface area contributed by atoms with Gasteiger partial charge in [-0.25, -0.2) is 4.39 Å². The topological polar surface area (TPSA) is 66.9 Å². The quantitative estimate of drug-likeness (QED) is 0.903. The molecule has 0 fully saturated rings. The van der Waals surface area contributed by atoms with E-state index in [1.165, 1.54) is 23.5 Å². The van der Waals surface area contributed by atoms with Crippen molar-refractivity contribution in [3.63, 3.8) is 0 Å². The zero-order valence-corrected chi connectivity index (χ0v) is 11.3. The Labute approximate surface area is 113 Å². The van der Waals surface area contributed by atoms with Crippen LogP contribution in [0.5, 0.6) is 0 Å². The zero-order valence-electron chi connectivity index (χ0n) is 10.5. The number of halogens is 1. The van der Waals surface area contributed by atoms with Crippen molar-refractivity contribution >= 4 is 28.1 Å². The Bertz CT molecular complexity index is 599. The third-order valence-corrected chi connectivity index (χ3v) is 3.24. The first kappa shape index (κ1) is 13.4. The molecule has 0 spiro atoms. The van der Waals surface area contributed by atoms with Gasteiger partial charge < -0.3 is 10.6 Å². The largest absolute Gasteiger partial charge is 0.360 e. The van der Waals surface area contributed by atoms with Crippen molar-refractivity contribution in [2.45, 2.75) is 13.8 Å². The van der Waals surface area contributed by atoms with E-state index >= 15 is 0 Å². The average molecular weight is 280 g/mol. The Balaban J connectivity index is 2.09. The molecule has 7 heteroatoms. The van der Waals surface area contributed by atoms with Crippen LogP contribution in [0.1, 0.15) is 22.3 Å². The summed E-state index contributed by atoms with van der Waals surface area (Å²) in [7, 11) is 0. The molecule has 100 valence electrons. The number of carbonyl (C=O) groups is 1. The second-order valence-corrected chi connectivity index (χ2v) is 4.84. The fraction of sp³-hybridized carbons (Fsp3) is 0.250. The first-order chi connectivity index (χ1) is 9.10. The van der Waals surface area contributed by atoms with Gasteiger partial charge in [-0.2, -0.15) is 0 Å². The molecule has 1 aromatic heterocycles. The number of nitrogens with zero attached hydrogens (tertiary/aromatic N) is 2. The van der Waals surface area contributed by atoms with Crippen molar-refractivity contribution in [3.8, 4) is 0 Å². The Morgan fingerprint density at radius 1 is 1.42 bits per heavy atom. The fourth-order valence-electron chi connectivity index (χ4n) is 1.44. The lowest BCUT2D eigenvalue weighted by atomic mass is 10.2. The number of hydrogen-bond acceptors (Lipinski definition) is 5. The second-order valence-electron chi connectivity index (χ2n) is 3.86. The summed E-state index contributed by atoms with van der Waals surface area (Å²) in [4.78, 5) is 11.9. The standard InChI is InChI=1S/C12H13FN4OS/c1-3-14-12-17-16-11(19-12)10(18)15-8-4-5-9(13)7(2)6-8/h4-6H,3H2,1-2H3,(H,14,17)(H,15,18). The van der Waals surface area contributed by atoms with Gasteiger partial charge in [0.05, 0.1) is 0 Å². The Morgan fingerprint density at radius 3 is 2.89 bits per heavy atom. The van der Waals surface area contributed by atoms with Crippen molar-refractivity contribution in [2.24, 2.45) is 0 Å². The summed E-state index contributed by atoms with van der Waals surface area (Å²) in [6.45, 7) is 4.29. The van der Waals surface area contributed by atoms with Crippen LogP contribution in [0.3, 0.4) is 0 Å². The molecule has 0 aliphatic heterocycles. The number of hydrogen-bond donors (Lipinski definition) is 2. The molecule has 0 aliphatic carbocycles. The van der Waals surface area contributed by atoms with Crippen LogP contribution >= 0.6 is 11.3 Å².